The number of amides is 1. The summed E-state index contributed by atoms with van der Waals surface area (Å²) < 4.78 is 6.29. The molecule has 2 N–H and O–H groups in total. The van der Waals surface area contributed by atoms with Crippen LogP contribution in [0.25, 0.3) is 0 Å². The second-order valence-corrected chi connectivity index (χ2v) is 10.3. The fourth-order valence-electron chi connectivity index (χ4n) is 4.99. The van der Waals surface area contributed by atoms with Gasteiger partial charge in [0.25, 0.3) is 5.91 Å². The van der Waals surface area contributed by atoms with Crippen LogP contribution in [-0.2, 0) is 0 Å². The van der Waals surface area contributed by atoms with E-state index in [0.29, 0.717) is 30.2 Å². The number of hydrogen-bond acceptors (Lipinski definition) is 6. The predicted molar refractivity (Wildman–Crippen MR) is 148 cm³/mol. The lowest BCUT2D eigenvalue weighted by Gasteiger charge is -2.26. The molecule has 192 valence electrons. The molecule has 0 bridgehead atoms. The molecule has 1 saturated heterocycles. The SMILES string of the molecule is Cc1c(OC2=CC=NC(C)(/N=C3/NN(C)CC3C)C2)cccc1C(=O)NCC1=CC2CC=CN=C2C=C1. The standard InChI is InChI=1S/C29H34N6O2/c1-19-18-35(4)34-27(19)33-29(3)16-23(12-14-32-29)37-26-9-5-8-24(20(26)2)28(36)31-17-21-10-11-25-22(15-21)7-6-13-30-25/h5-6,8-15,19,22H,7,16-18H2,1-4H3,(H,31,36)(H,33,34). The molecule has 3 atom stereocenters. The zero-order valence-electron chi connectivity index (χ0n) is 21.9. The molecule has 1 fully saturated rings. The Morgan fingerprint density at radius 2 is 2.22 bits per heavy atom. The van der Waals surface area contributed by atoms with Gasteiger partial charge >= 0.3 is 0 Å². The molecule has 1 aliphatic carbocycles. The lowest BCUT2D eigenvalue weighted by Crippen LogP contribution is -2.33. The molecule has 3 aliphatic heterocycles. The van der Waals surface area contributed by atoms with Crippen LogP contribution in [0.15, 0.2) is 81.1 Å². The van der Waals surface area contributed by atoms with Crippen molar-refractivity contribution in [2.75, 3.05) is 20.1 Å². The summed E-state index contributed by atoms with van der Waals surface area (Å²) in [5, 5.41) is 5.09. The van der Waals surface area contributed by atoms with Crippen LogP contribution in [0.5, 0.6) is 5.75 Å². The minimum absolute atomic E-state index is 0.124. The van der Waals surface area contributed by atoms with Crippen LogP contribution < -0.4 is 15.5 Å². The van der Waals surface area contributed by atoms with Gasteiger partial charge in [0, 0.05) is 61.2 Å². The van der Waals surface area contributed by atoms with Crippen molar-refractivity contribution in [1.29, 1.82) is 0 Å². The van der Waals surface area contributed by atoms with E-state index in [1.54, 1.807) is 6.21 Å². The first-order valence-corrected chi connectivity index (χ1v) is 12.8. The zero-order valence-corrected chi connectivity index (χ0v) is 21.9. The number of hydrogen-bond donors (Lipinski definition) is 2. The van der Waals surface area contributed by atoms with E-state index >= 15 is 0 Å². The summed E-state index contributed by atoms with van der Waals surface area (Å²) in [5.74, 6) is 2.84. The third-order valence-corrected chi connectivity index (χ3v) is 7.01. The number of fused-ring (bicyclic) bond motifs is 1. The van der Waals surface area contributed by atoms with Gasteiger partial charge < -0.3 is 15.5 Å². The Labute approximate surface area is 218 Å². The summed E-state index contributed by atoms with van der Waals surface area (Å²) in [6.07, 6.45) is 15.3. The van der Waals surface area contributed by atoms with E-state index in [4.69, 9.17) is 9.73 Å². The number of amidine groups is 1. The Balaban J connectivity index is 1.23. The van der Waals surface area contributed by atoms with Crippen LogP contribution >= 0.6 is 0 Å². The maximum atomic E-state index is 13.1. The van der Waals surface area contributed by atoms with Crippen LogP contribution in [0, 0.1) is 18.8 Å². The molecule has 0 spiro atoms. The van der Waals surface area contributed by atoms with Gasteiger partial charge in [-0.3, -0.25) is 14.8 Å². The zero-order chi connectivity index (χ0) is 26.0. The number of ether oxygens (including phenoxy) is 1. The number of carbonyl (C=O) groups is 1. The Kier molecular flexibility index (Phi) is 6.93. The molecule has 8 nitrogen and oxygen atoms in total. The average molecular weight is 499 g/mol. The molecule has 4 aliphatic rings. The van der Waals surface area contributed by atoms with Gasteiger partial charge in [-0.25, -0.2) is 10.0 Å². The first-order valence-electron chi connectivity index (χ1n) is 12.8. The maximum absolute atomic E-state index is 13.1. The van der Waals surface area contributed by atoms with Gasteiger partial charge in [-0.05, 0) is 50.1 Å². The van der Waals surface area contributed by atoms with Crippen LogP contribution in [0.3, 0.4) is 0 Å². The molecule has 5 rings (SSSR count). The smallest absolute Gasteiger partial charge is 0.251 e. The van der Waals surface area contributed by atoms with E-state index < -0.39 is 5.66 Å². The quantitative estimate of drug-likeness (QED) is 0.617. The summed E-state index contributed by atoms with van der Waals surface area (Å²) in [6.45, 7) is 7.45. The average Bonchev–Trinajstić information content (AvgIpc) is 3.19. The van der Waals surface area contributed by atoms with Crippen molar-refractivity contribution in [2.24, 2.45) is 26.8 Å². The Bertz CT molecular complexity index is 1300. The largest absolute Gasteiger partial charge is 0.461 e. The van der Waals surface area contributed by atoms with Crippen LogP contribution in [0.4, 0.5) is 0 Å². The van der Waals surface area contributed by atoms with Crippen molar-refractivity contribution >= 4 is 23.7 Å². The number of benzene rings is 1. The molecule has 1 aromatic rings. The highest BCUT2D eigenvalue weighted by Crippen LogP contribution is 2.31. The highest BCUT2D eigenvalue weighted by atomic mass is 16.5. The van der Waals surface area contributed by atoms with Crippen molar-refractivity contribution in [2.45, 2.75) is 39.3 Å². The maximum Gasteiger partial charge on any atom is 0.251 e. The fourth-order valence-corrected chi connectivity index (χ4v) is 4.99. The van der Waals surface area contributed by atoms with Gasteiger partial charge in [0.1, 0.15) is 17.3 Å². The second-order valence-electron chi connectivity index (χ2n) is 10.3. The summed E-state index contributed by atoms with van der Waals surface area (Å²) in [6, 6.07) is 5.57. The summed E-state index contributed by atoms with van der Waals surface area (Å²) in [7, 11) is 2.01. The molecule has 1 amide bonds. The second kappa shape index (κ2) is 10.3. The lowest BCUT2D eigenvalue weighted by molar-refractivity contribution is 0.0956. The predicted octanol–water partition coefficient (Wildman–Crippen LogP) is 4.13. The third kappa shape index (κ3) is 5.64. The summed E-state index contributed by atoms with van der Waals surface area (Å²) in [4.78, 5) is 27.0. The third-order valence-electron chi connectivity index (χ3n) is 7.01. The topological polar surface area (TPSA) is 90.7 Å². The Morgan fingerprint density at radius 1 is 1.35 bits per heavy atom. The number of aliphatic imine (C=N–C) groups is 3. The molecular formula is C29H34N6O2. The van der Waals surface area contributed by atoms with Crippen molar-refractivity contribution < 1.29 is 9.53 Å². The molecule has 8 heteroatoms. The van der Waals surface area contributed by atoms with Gasteiger partial charge in [-0.1, -0.05) is 31.2 Å². The Hall–Kier alpha value is -3.78. The van der Waals surface area contributed by atoms with Crippen molar-refractivity contribution in [1.82, 2.24) is 15.8 Å². The highest BCUT2D eigenvalue weighted by Gasteiger charge is 2.31. The molecular weight excluding hydrogens is 464 g/mol. The van der Waals surface area contributed by atoms with Gasteiger partial charge in [0.2, 0.25) is 0 Å². The van der Waals surface area contributed by atoms with Gasteiger partial charge in [0.15, 0.2) is 5.66 Å². The van der Waals surface area contributed by atoms with Crippen LogP contribution in [0.1, 0.15) is 42.6 Å². The fraction of sp³-hybridized carbons (Fsp3) is 0.379. The van der Waals surface area contributed by atoms with Crippen LogP contribution in [0.2, 0.25) is 0 Å². The molecule has 37 heavy (non-hydrogen) atoms. The molecule has 3 unspecified atom stereocenters. The molecule has 1 aromatic carbocycles. The monoisotopic (exact) mass is 498 g/mol. The van der Waals surface area contributed by atoms with E-state index in [9.17, 15) is 4.79 Å². The summed E-state index contributed by atoms with van der Waals surface area (Å²) in [5.41, 5.74) is 6.21. The molecule has 0 saturated carbocycles. The van der Waals surface area contributed by atoms with Gasteiger partial charge in [-0.15, -0.1) is 0 Å². The first-order chi connectivity index (χ1) is 17.8. The number of nitrogens with one attached hydrogen (secondary N) is 2. The molecule has 0 aromatic heterocycles. The number of rotatable bonds is 6. The number of hydrazine groups is 1. The van der Waals surface area contributed by atoms with Crippen molar-refractivity contribution in [3.8, 4) is 5.75 Å². The first kappa shape index (κ1) is 24.9. The normalized spacial score (nSPS) is 27.8. The minimum atomic E-state index is -0.644. The molecule has 3 heterocycles. The number of carbonyl (C=O) groups excluding carboxylic acids is 1. The minimum Gasteiger partial charge on any atom is -0.461 e. The summed E-state index contributed by atoms with van der Waals surface area (Å²) >= 11 is 0. The number of nitrogens with zero attached hydrogens (tertiary/aromatic N) is 4. The molecule has 0 radical (unpaired) electrons. The van der Waals surface area contributed by atoms with E-state index in [1.165, 1.54) is 0 Å². The van der Waals surface area contributed by atoms with Crippen molar-refractivity contribution in [3.05, 3.63) is 77.2 Å². The number of dihydropyridines is 1. The van der Waals surface area contributed by atoms with E-state index in [2.05, 4.69) is 39.8 Å². The highest BCUT2D eigenvalue weighted by molar-refractivity contribution is 6.01. The van der Waals surface area contributed by atoms with E-state index in [1.807, 2.05) is 68.5 Å². The van der Waals surface area contributed by atoms with E-state index in [0.717, 1.165) is 41.4 Å². The van der Waals surface area contributed by atoms with E-state index in [-0.39, 0.29) is 11.8 Å². The van der Waals surface area contributed by atoms with Gasteiger partial charge in [0.05, 0.1) is 6.42 Å². The van der Waals surface area contributed by atoms with Gasteiger partial charge in [-0.2, -0.15) is 0 Å². The lowest BCUT2D eigenvalue weighted by atomic mass is 9.90. The van der Waals surface area contributed by atoms with Crippen LogP contribution in [-0.4, -0.2) is 54.5 Å². The number of allylic oxidation sites excluding steroid dienone is 4. The Morgan fingerprint density at radius 3 is 3.03 bits per heavy atom. The van der Waals surface area contributed by atoms with Crippen molar-refractivity contribution in [3.63, 3.8) is 0 Å².